The first kappa shape index (κ1) is 15.5. The van der Waals surface area contributed by atoms with Gasteiger partial charge in [0.25, 0.3) is 8.32 Å². The van der Waals surface area contributed by atoms with E-state index in [9.17, 15) is 5.11 Å². The summed E-state index contributed by atoms with van der Waals surface area (Å²) in [5.41, 5.74) is -0.183. The largest absolute Gasteiger partial charge is 0.538 e. The third kappa shape index (κ3) is 3.78. The van der Waals surface area contributed by atoms with Crippen molar-refractivity contribution >= 4 is 8.32 Å². The van der Waals surface area contributed by atoms with Gasteiger partial charge in [-0.15, -0.1) is 0 Å². The number of aliphatic hydroxyl groups excluding tert-OH is 1. The molecule has 0 fully saturated rings. The summed E-state index contributed by atoms with van der Waals surface area (Å²) in [6.07, 6.45) is 0. The summed E-state index contributed by atoms with van der Waals surface area (Å²) in [6, 6.07) is 0. The van der Waals surface area contributed by atoms with Crippen LogP contribution in [0.5, 0.6) is 0 Å². The van der Waals surface area contributed by atoms with E-state index in [4.69, 9.17) is 9.82 Å². The molecule has 0 aliphatic heterocycles. The van der Waals surface area contributed by atoms with Gasteiger partial charge in [0.2, 0.25) is 11.2 Å². The molecule has 0 heterocycles. The van der Waals surface area contributed by atoms with Crippen molar-refractivity contribution in [2.45, 2.75) is 38.9 Å². The summed E-state index contributed by atoms with van der Waals surface area (Å²) in [6.45, 7) is 13.9. The van der Waals surface area contributed by atoms with Crippen LogP contribution in [0.15, 0.2) is 24.0 Å². The molecule has 17 heavy (non-hydrogen) atoms. The first-order chi connectivity index (χ1) is 7.56. The smallest absolute Gasteiger partial charge is 0.503 e. The third-order valence-corrected chi connectivity index (χ3v) is 7.31. The molecular weight excluding hydrogens is 236 g/mol. The quantitative estimate of drug-likeness (QED) is 0.360. The summed E-state index contributed by atoms with van der Waals surface area (Å²) >= 11 is 0. The fourth-order valence-corrected chi connectivity index (χ4v) is 1.84. The molecule has 0 amide bonds. The van der Waals surface area contributed by atoms with Gasteiger partial charge in [-0.2, -0.15) is 0 Å². The highest BCUT2D eigenvalue weighted by Crippen LogP contribution is 2.38. The zero-order chi connectivity index (χ0) is 13.9. The number of diazo groups is 1. The zero-order valence-electron chi connectivity index (χ0n) is 11.4. The molecule has 0 unspecified atom stereocenters. The van der Waals surface area contributed by atoms with Crippen molar-refractivity contribution in [3.05, 3.63) is 29.0 Å². The average molecular weight is 257 g/mol. The SMILES string of the molecule is C=C(O[Si](C)(C)C(C)(C)C)/C([N+]#N)=C(\O)OC. The van der Waals surface area contributed by atoms with E-state index in [0.717, 1.165) is 0 Å². The van der Waals surface area contributed by atoms with Crippen molar-refractivity contribution in [1.82, 2.24) is 0 Å². The van der Waals surface area contributed by atoms with Crippen LogP contribution in [0.3, 0.4) is 0 Å². The fourth-order valence-electron chi connectivity index (χ4n) is 0.824. The fraction of sp³-hybridized carbons (Fsp3) is 0.636. The maximum absolute atomic E-state index is 9.37. The van der Waals surface area contributed by atoms with E-state index >= 15 is 0 Å². The maximum Gasteiger partial charge on any atom is 0.503 e. The van der Waals surface area contributed by atoms with Gasteiger partial charge in [0.05, 0.1) is 7.11 Å². The topological polar surface area (TPSA) is 66.8 Å². The molecule has 0 aromatic rings. The minimum atomic E-state index is -2.08. The minimum Gasteiger partial charge on any atom is -0.538 e. The van der Waals surface area contributed by atoms with E-state index in [1.807, 2.05) is 13.1 Å². The van der Waals surface area contributed by atoms with Gasteiger partial charge in [-0.25, -0.2) is 0 Å². The Morgan fingerprint density at radius 2 is 1.82 bits per heavy atom. The number of rotatable bonds is 4. The summed E-state index contributed by atoms with van der Waals surface area (Å²) in [4.78, 5) is 2.93. The molecular formula is C11H21N2O3Si+. The molecule has 0 atom stereocenters. The Kier molecular flexibility index (Phi) is 4.77. The van der Waals surface area contributed by atoms with E-state index in [2.05, 4.69) is 37.1 Å². The second-order valence-electron chi connectivity index (χ2n) is 5.24. The van der Waals surface area contributed by atoms with Crippen LogP contribution in [0.25, 0.3) is 4.98 Å². The monoisotopic (exact) mass is 257 g/mol. The molecule has 1 N–H and O–H groups in total. The Bertz CT molecular complexity index is 375. The third-order valence-electron chi connectivity index (χ3n) is 2.94. The zero-order valence-corrected chi connectivity index (χ0v) is 12.4. The van der Waals surface area contributed by atoms with E-state index in [1.54, 1.807) is 0 Å². The van der Waals surface area contributed by atoms with Crippen molar-refractivity contribution in [3.8, 4) is 0 Å². The molecule has 0 spiro atoms. The summed E-state index contributed by atoms with van der Waals surface area (Å²) in [5, 5.41) is 18.2. The molecule has 0 aliphatic carbocycles. The molecule has 0 rings (SSSR count). The van der Waals surface area contributed by atoms with E-state index < -0.39 is 14.3 Å². The number of ether oxygens (including phenoxy) is 1. The molecule has 5 nitrogen and oxygen atoms in total. The Hall–Kier alpha value is -1.48. The molecule has 0 bridgehead atoms. The van der Waals surface area contributed by atoms with Crippen molar-refractivity contribution in [2.24, 2.45) is 0 Å². The predicted octanol–water partition coefficient (Wildman–Crippen LogP) is 3.75. The predicted molar refractivity (Wildman–Crippen MR) is 69.2 cm³/mol. The van der Waals surface area contributed by atoms with Crippen LogP contribution in [0.4, 0.5) is 0 Å². The van der Waals surface area contributed by atoms with Gasteiger partial charge in [-0.3, -0.25) is 0 Å². The number of aliphatic hydroxyl groups is 1. The molecule has 0 radical (unpaired) electrons. The van der Waals surface area contributed by atoms with Gasteiger partial charge in [0.15, 0.2) is 4.98 Å². The lowest BCUT2D eigenvalue weighted by Gasteiger charge is -2.35. The first-order valence-electron chi connectivity index (χ1n) is 5.27. The van der Waals surface area contributed by atoms with Crippen molar-refractivity contribution in [1.29, 1.82) is 5.39 Å². The molecule has 0 saturated carbocycles. The number of hydrogen-bond donors (Lipinski definition) is 1. The summed E-state index contributed by atoms with van der Waals surface area (Å²) in [5.74, 6) is -0.408. The molecule has 96 valence electrons. The Labute approximate surface area is 103 Å². The second-order valence-corrected chi connectivity index (χ2v) is 9.97. The highest BCUT2D eigenvalue weighted by atomic mass is 28.4. The molecule has 0 aliphatic rings. The lowest BCUT2D eigenvalue weighted by molar-refractivity contribution is 0.131. The highest BCUT2D eigenvalue weighted by Gasteiger charge is 2.42. The summed E-state index contributed by atoms with van der Waals surface area (Å²) in [7, 11) is -0.813. The Balaban J connectivity index is 5.08. The van der Waals surface area contributed by atoms with Crippen LogP contribution < -0.4 is 0 Å². The average Bonchev–Trinajstić information content (AvgIpc) is 2.15. The standard InChI is InChI=1S/C11H20N2O3Si/c1-8(9(13-12)10(14)15-5)16-17(6,7)11(2,3)4/h1H2,2-7H3/p+1/b10-9-. The van der Waals surface area contributed by atoms with Crippen LogP contribution in [0, 0.1) is 5.39 Å². The van der Waals surface area contributed by atoms with E-state index in [-0.39, 0.29) is 16.5 Å². The highest BCUT2D eigenvalue weighted by molar-refractivity contribution is 6.74. The van der Waals surface area contributed by atoms with Gasteiger partial charge >= 0.3 is 11.6 Å². The normalized spacial score (nSPS) is 13.5. The van der Waals surface area contributed by atoms with Gasteiger partial charge in [-0.1, -0.05) is 20.8 Å². The number of hydrogen-bond acceptors (Lipinski definition) is 4. The van der Waals surface area contributed by atoms with Crippen molar-refractivity contribution < 1.29 is 14.3 Å². The van der Waals surface area contributed by atoms with Gasteiger partial charge in [0.1, 0.15) is 0 Å². The summed E-state index contributed by atoms with van der Waals surface area (Å²) < 4.78 is 10.4. The van der Waals surface area contributed by atoms with Crippen molar-refractivity contribution in [2.75, 3.05) is 7.11 Å². The van der Waals surface area contributed by atoms with Crippen LogP contribution in [-0.4, -0.2) is 20.5 Å². The number of methoxy groups -OCH3 is 1. The molecule has 0 saturated heterocycles. The second kappa shape index (κ2) is 5.23. The number of nitrogens with zero attached hydrogens (tertiary/aromatic N) is 2. The molecule has 0 aromatic carbocycles. The first-order valence-corrected chi connectivity index (χ1v) is 8.18. The van der Waals surface area contributed by atoms with Crippen LogP contribution in [0.2, 0.25) is 18.1 Å². The van der Waals surface area contributed by atoms with Crippen LogP contribution >= 0.6 is 0 Å². The van der Waals surface area contributed by atoms with Gasteiger partial charge < -0.3 is 14.3 Å². The lowest BCUT2D eigenvalue weighted by Crippen LogP contribution is -2.40. The van der Waals surface area contributed by atoms with Crippen LogP contribution in [-0.2, 0) is 9.16 Å². The molecule has 0 aromatic heterocycles. The van der Waals surface area contributed by atoms with Gasteiger partial charge in [0, 0.05) is 0 Å². The minimum absolute atomic E-state index is 0.0147. The van der Waals surface area contributed by atoms with Crippen molar-refractivity contribution in [3.63, 3.8) is 0 Å². The van der Waals surface area contributed by atoms with Gasteiger partial charge in [-0.05, 0) is 24.7 Å². The van der Waals surface area contributed by atoms with E-state index in [0.29, 0.717) is 0 Å². The van der Waals surface area contributed by atoms with E-state index in [1.165, 1.54) is 7.11 Å². The maximum atomic E-state index is 9.37. The van der Waals surface area contributed by atoms with Crippen LogP contribution in [0.1, 0.15) is 20.8 Å². The Morgan fingerprint density at radius 1 is 1.35 bits per heavy atom. The molecule has 6 heteroatoms. The Morgan fingerprint density at radius 3 is 2.12 bits per heavy atom. The lowest BCUT2D eigenvalue weighted by atomic mass is 10.2.